The number of hydrogen-bond donors (Lipinski definition) is 0. The van der Waals surface area contributed by atoms with Crippen molar-refractivity contribution in [2.24, 2.45) is 0 Å². The van der Waals surface area contributed by atoms with Crippen LogP contribution in [0.5, 0.6) is 0 Å². The zero-order valence-electron chi connectivity index (χ0n) is 15.5. The summed E-state index contributed by atoms with van der Waals surface area (Å²) in [4.78, 5) is 17.7. The maximum absolute atomic E-state index is 13.0. The van der Waals surface area contributed by atoms with Crippen LogP contribution >= 0.6 is 0 Å². The van der Waals surface area contributed by atoms with Crippen LogP contribution in [0.3, 0.4) is 0 Å². The maximum Gasteiger partial charge on any atom is 0.416 e. The number of alkyl halides is 6. The molecule has 1 aliphatic heterocycles. The average Bonchev–Trinajstić information content (AvgIpc) is 3.34. The van der Waals surface area contributed by atoms with E-state index in [1.54, 1.807) is 0 Å². The maximum atomic E-state index is 13.0. The Balaban J connectivity index is 1.56. The summed E-state index contributed by atoms with van der Waals surface area (Å²) in [6, 6.07) is 8.76. The molecule has 5 nitrogen and oxygen atoms in total. The lowest BCUT2D eigenvalue weighted by molar-refractivity contribution is -0.138. The fourth-order valence-electron chi connectivity index (χ4n) is 3.33. The van der Waals surface area contributed by atoms with Gasteiger partial charge in [0.1, 0.15) is 0 Å². The molecule has 0 radical (unpaired) electrons. The Bertz CT molecular complexity index is 1120. The van der Waals surface area contributed by atoms with Crippen molar-refractivity contribution in [3.05, 3.63) is 65.5 Å². The van der Waals surface area contributed by atoms with Gasteiger partial charge in [0, 0.05) is 24.2 Å². The second-order valence-corrected chi connectivity index (χ2v) is 6.99. The summed E-state index contributed by atoms with van der Waals surface area (Å²) in [5.41, 5.74) is -1.59. The smallest absolute Gasteiger partial charge is 0.339 e. The molecule has 1 atom stereocenters. The normalized spacial score (nSPS) is 17.4. The number of amides is 1. The quantitative estimate of drug-likeness (QED) is 0.518. The fourth-order valence-corrected chi connectivity index (χ4v) is 3.33. The van der Waals surface area contributed by atoms with E-state index < -0.39 is 35.3 Å². The molecule has 1 saturated heterocycles. The van der Waals surface area contributed by atoms with Crippen molar-refractivity contribution in [2.45, 2.75) is 24.7 Å². The highest BCUT2D eigenvalue weighted by Crippen LogP contribution is 2.36. The second kappa shape index (κ2) is 7.40. The zero-order chi connectivity index (χ0) is 22.4. The van der Waals surface area contributed by atoms with Crippen LogP contribution in [-0.2, 0) is 17.1 Å². The van der Waals surface area contributed by atoms with E-state index in [1.807, 2.05) is 0 Å². The van der Waals surface area contributed by atoms with Crippen LogP contribution in [0, 0.1) is 0 Å². The molecule has 31 heavy (non-hydrogen) atoms. The number of carbonyl (C=O) groups is 1. The summed E-state index contributed by atoms with van der Waals surface area (Å²) in [5.74, 6) is -1.08. The lowest BCUT2D eigenvalue weighted by Crippen LogP contribution is -2.24. The van der Waals surface area contributed by atoms with Gasteiger partial charge in [-0.15, -0.1) is 0 Å². The van der Waals surface area contributed by atoms with Gasteiger partial charge in [0.05, 0.1) is 17.0 Å². The van der Waals surface area contributed by atoms with Crippen molar-refractivity contribution in [1.82, 2.24) is 10.1 Å². The highest BCUT2D eigenvalue weighted by atomic mass is 19.4. The zero-order valence-corrected chi connectivity index (χ0v) is 15.5. The van der Waals surface area contributed by atoms with E-state index in [9.17, 15) is 31.1 Å². The van der Waals surface area contributed by atoms with Crippen molar-refractivity contribution >= 4 is 11.6 Å². The molecule has 11 heteroatoms. The molecule has 0 saturated carbocycles. The number of halogens is 6. The number of hydrogen-bond acceptors (Lipinski definition) is 4. The highest BCUT2D eigenvalue weighted by Gasteiger charge is 2.37. The van der Waals surface area contributed by atoms with E-state index in [-0.39, 0.29) is 35.9 Å². The molecule has 3 aromatic rings. The summed E-state index contributed by atoms with van der Waals surface area (Å²) in [6.45, 7) is 0.00433. The molecular weight excluding hydrogens is 428 g/mol. The molecule has 1 aliphatic rings. The molecular formula is C20H13F6N3O2. The Kier molecular flexibility index (Phi) is 4.98. The molecule has 2 aromatic carbocycles. The van der Waals surface area contributed by atoms with Gasteiger partial charge in [0.2, 0.25) is 17.6 Å². The molecule has 0 bridgehead atoms. The van der Waals surface area contributed by atoms with Gasteiger partial charge in [-0.05, 0) is 30.3 Å². The molecule has 4 rings (SSSR count). The first kappa shape index (κ1) is 20.9. The van der Waals surface area contributed by atoms with E-state index in [0.717, 1.165) is 24.3 Å². The minimum atomic E-state index is -4.55. The standard InChI is InChI=1S/C20H13F6N3O2/c21-19(22,23)13-4-1-3-11(7-13)17-27-18(31-28-17)12-8-16(30)29(10-12)15-6-2-5-14(9-15)20(24,25)26/h1-7,9,12H,8,10H2. The lowest BCUT2D eigenvalue weighted by atomic mass is 10.1. The third kappa shape index (κ3) is 4.25. The van der Waals surface area contributed by atoms with E-state index in [2.05, 4.69) is 10.1 Å². The SMILES string of the molecule is O=C1CC(c2nc(-c3cccc(C(F)(F)F)c3)no2)CN1c1cccc(C(F)(F)F)c1. The van der Waals surface area contributed by atoms with Crippen LogP contribution in [0.1, 0.15) is 29.4 Å². The van der Waals surface area contributed by atoms with Gasteiger partial charge in [0.25, 0.3) is 0 Å². The second-order valence-electron chi connectivity index (χ2n) is 6.99. The highest BCUT2D eigenvalue weighted by molar-refractivity contribution is 5.96. The largest absolute Gasteiger partial charge is 0.416 e. The minimum absolute atomic E-state index is 0.00433. The molecule has 1 unspecified atom stereocenters. The van der Waals surface area contributed by atoms with Gasteiger partial charge < -0.3 is 9.42 Å². The first-order valence-electron chi connectivity index (χ1n) is 9.01. The minimum Gasteiger partial charge on any atom is -0.339 e. The van der Waals surface area contributed by atoms with Gasteiger partial charge in [-0.3, -0.25) is 4.79 Å². The fraction of sp³-hybridized carbons (Fsp3) is 0.250. The predicted molar refractivity (Wildman–Crippen MR) is 95.9 cm³/mol. The van der Waals surface area contributed by atoms with Crippen LogP contribution in [0.4, 0.5) is 32.0 Å². The number of carbonyl (C=O) groups excluding carboxylic acids is 1. The van der Waals surface area contributed by atoms with Crippen molar-refractivity contribution < 1.29 is 35.7 Å². The van der Waals surface area contributed by atoms with Crippen molar-refractivity contribution in [2.75, 3.05) is 11.4 Å². The third-order valence-corrected chi connectivity index (χ3v) is 4.85. The summed E-state index contributed by atoms with van der Waals surface area (Å²) >= 11 is 0. The van der Waals surface area contributed by atoms with Gasteiger partial charge in [0.15, 0.2) is 0 Å². The molecule has 0 N–H and O–H groups in total. The first-order chi connectivity index (χ1) is 14.5. The number of nitrogens with zero attached hydrogens (tertiary/aromatic N) is 3. The molecule has 0 spiro atoms. The van der Waals surface area contributed by atoms with Gasteiger partial charge in [-0.1, -0.05) is 23.4 Å². The lowest BCUT2D eigenvalue weighted by Gasteiger charge is -2.17. The predicted octanol–water partition coefficient (Wildman–Crippen LogP) is 5.29. The van der Waals surface area contributed by atoms with Crippen molar-refractivity contribution in [3.8, 4) is 11.4 Å². The Labute approximate surface area is 171 Å². The number of anilines is 1. The summed E-state index contributed by atoms with van der Waals surface area (Å²) in [6.07, 6.45) is -9.17. The Morgan fingerprint density at radius 2 is 1.58 bits per heavy atom. The van der Waals surface area contributed by atoms with Gasteiger partial charge in [-0.2, -0.15) is 31.3 Å². The molecule has 1 aromatic heterocycles. The van der Waals surface area contributed by atoms with Gasteiger partial charge >= 0.3 is 12.4 Å². The number of benzene rings is 2. The monoisotopic (exact) mass is 441 g/mol. The van der Waals surface area contributed by atoms with E-state index in [4.69, 9.17) is 4.52 Å². The van der Waals surface area contributed by atoms with E-state index in [0.29, 0.717) is 0 Å². The van der Waals surface area contributed by atoms with Gasteiger partial charge in [-0.25, -0.2) is 0 Å². The van der Waals surface area contributed by atoms with Crippen molar-refractivity contribution in [1.29, 1.82) is 0 Å². The van der Waals surface area contributed by atoms with Crippen LogP contribution in [-0.4, -0.2) is 22.6 Å². The molecule has 1 amide bonds. The van der Waals surface area contributed by atoms with Crippen molar-refractivity contribution in [3.63, 3.8) is 0 Å². The first-order valence-corrected chi connectivity index (χ1v) is 9.01. The number of rotatable bonds is 3. The topological polar surface area (TPSA) is 59.2 Å². The Morgan fingerprint density at radius 1 is 0.935 bits per heavy atom. The summed E-state index contributed by atoms with van der Waals surface area (Å²) in [5, 5.41) is 3.69. The van der Waals surface area contributed by atoms with E-state index >= 15 is 0 Å². The van der Waals surface area contributed by atoms with Crippen LogP contribution in [0.2, 0.25) is 0 Å². The number of aromatic nitrogens is 2. The average molecular weight is 441 g/mol. The Morgan fingerprint density at radius 3 is 2.26 bits per heavy atom. The summed E-state index contributed by atoms with van der Waals surface area (Å²) in [7, 11) is 0. The summed E-state index contributed by atoms with van der Waals surface area (Å²) < 4.78 is 82.7. The van der Waals surface area contributed by atoms with E-state index in [1.165, 1.54) is 29.2 Å². The third-order valence-electron chi connectivity index (χ3n) is 4.85. The molecule has 2 heterocycles. The van der Waals surface area contributed by atoms with Crippen LogP contribution in [0.25, 0.3) is 11.4 Å². The molecule has 0 aliphatic carbocycles. The molecule has 1 fully saturated rings. The van der Waals surface area contributed by atoms with Crippen LogP contribution in [0.15, 0.2) is 53.1 Å². The Hall–Kier alpha value is -3.37. The molecule has 162 valence electrons. The van der Waals surface area contributed by atoms with Crippen LogP contribution < -0.4 is 4.90 Å².